The number of nitrogens with one attached hydrogen (secondary N) is 1. The molecule has 3 aromatic heterocycles. The van der Waals surface area contributed by atoms with Gasteiger partial charge < -0.3 is 10.4 Å². The van der Waals surface area contributed by atoms with Crippen LogP contribution in [-0.2, 0) is 10.0 Å². The zero-order valence-electron chi connectivity index (χ0n) is 18.7. The van der Waals surface area contributed by atoms with Crippen molar-refractivity contribution in [3.05, 3.63) is 48.1 Å². The largest absolute Gasteiger partial charge is 0.508 e. The first kappa shape index (κ1) is 24.5. The topological polar surface area (TPSA) is 113 Å². The highest BCUT2D eigenvalue weighted by molar-refractivity contribution is 7.89. The summed E-state index contributed by atoms with van der Waals surface area (Å²) in [4.78, 5) is 14.3. The number of anilines is 1. The third kappa shape index (κ3) is 5.15. The molecule has 2 N–H and O–H groups in total. The molecule has 1 saturated heterocycles. The van der Waals surface area contributed by atoms with Crippen LogP contribution in [0.5, 0.6) is 5.75 Å². The van der Waals surface area contributed by atoms with Gasteiger partial charge in [-0.3, -0.25) is 4.40 Å². The van der Waals surface area contributed by atoms with Crippen molar-refractivity contribution in [2.45, 2.75) is 25.1 Å². The number of nitrogens with zero attached hydrogens (tertiary/aromatic N) is 5. The predicted molar refractivity (Wildman–Crippen MR) is 129 cm³/mol. The number of hydrogen-bond donors (Lipinski definition) is 2. The van der Waals surface area contributed by atoms with Crippen LogP contribution >= 0.6 is 11.3 Å². The fourth-order valence-electron chi connectivity index (χ4n) is 4.24. The van der Waals surface area contributed by atoms with Gasteiger partial charge in [-0.05, 0) is 31.0 Å². The zero-order valence-corrected chi connectivity index (χ0v) is 20.3. The number of thiazole rings is 1. The average Bonchev–Trinajstić information content (AvgIpc) is 3.39. The molecule has 0 amide bonds. The minimum Gasteiger partial charge on any atom is -0.508 e. The molecule has 14 heteroatoms. The molecule has 4 heterocycles. The molecule has 36 heavy (non-hydrogen) atoms. The number of phenolic OH excluding ortho intramolecular Hbond substituents is 1. The molecule has 0 unspecified atom stereocenters. The Balaban J connectivity index is 1.42. The standard InChI is InChI=1S/C22H21F3N6O3S2/c23-22(24,25)13-36(33,34)30-8-2-4-15(12-30)27-20-26-7-6-17(28-20)19-18(14-3-1-5-16(32)11-14)29-21-31(19)9-10-35-21/h1,3,5-7,9-11,15,32H,2,4,8,12-13H2,(H,26,27,28)/t15-/m1/s1. The van der Waals surface area contributed by atoms with Gasteiger partial charge in [-0.15, -0.1) is 11.3 Å². The Morgan fingerprint density at radius 1 is 1.22 bits per heavy atom. The van der Waals surface area contributed by atoms with Gasteiger partial charge >= 0.3 is 6.18 Å². The quantitative estimate of drug-likeness (QED) is 0.382. The molecule has 1 aromatic carbocycles. The fraction of sp³-hybridized carbons (Fsp3) is 0.318. The van der Waals surface area contributed by atoms with E-state index in [0.717, 1.165) is 9.27 Å². The normalized spacial score (nSPS) is 17.5. The fourth-order valence-corrected chi connectivity index (χ4v) is 6.36. The molecule has 0 radical (unpaired) electrons. The van der Waals surface area contributed by atoms with Crippen molar-refractivity contribution in [1.29, 1.82) is 0 Å². The number of aromatic nitrogens is 4. The lowest BCUT2D eigenvalue weighted by atomic mass is 10.1. The molecule has 0 aliphatic carbocycles. The maximum atomic E-state index is 12.7. The highest BCUT2D eigenvalue weighted by Gasteiger charge is 2.40. The van der Waals surface area contributed by atoms with E-state index < -0.39 is 28.0 Å². The number of phenols is 1. The van der Waals surface area contributed by atoms with Crippen molar-refractivity contribution >= 4 is 32.3 Å². The first-order valence-corrected chi connectivity index (χ1v) is 13.5. The summed E-state index contributed by atoms with van der Waals surface area (Å²) in [6.07, 6.45) is -0.434. The molecule has 5 rings (SSSR count). The number of imidazole rings is 1. The zero-order chi connectivity index (χ0) is 25.5. The van der Waals surface area contributed by atoms with E-state index in [1.54, 1.807) is 30.5 Å². The molecule has 1 atom stereocenters. The molecular weight excluding hydrogens is 517 g/mol. The van der Waals surface area contributed by atoms with Gasteiger partial charge in [0.1, 0.15) is 11.4 Å². The van der Waals surface area contributed by atoms with Gasteiger partial charge in [-0.25, -0.2) is 23.4 Å². The van der Waals surface area contributed by atoms with E-state index in [1.165, 1.54) is 11.3 Å². The van der Waals surface area contributed by atoms with Crippen LogP contribution in [0.1, 0.15) is 12.8 Å². The summed E-state index contributed by atoms with van der Waals surface area (Å²) >= 11 is 1.44. The lowest BCUT2D eigenvalue weighted by molar-refractivity contribution is -0.107. The minimum atomic E-state index is -4.80. The van der Waals surface area contributed by atoms with Crippen molar-refractivity contribution in [3.63, 3.8) is 0 Å². The number of hydrogen-bond acceptors (Lipinski definition) is 8. The summed E-state index contributed by atoms with van der Waals surface area (Å²) in [5.74, 6) is -1.56. The molecule has 4 aromatic rings. The number of sulfonamides is 1. The van der Waals surface area contributed by atoms with Crippen LogP contribution in [0.15, 0.2) is 48.1 Å². The van der Waals surface area contributed by atoms with Gasteiger partial charge in [0, 0.05) is 42.5 Å². The lowest BCUT2D eigenvalue weighted by Gasteiger charge is -2.32. The second-order valence-corrected chi connectivity index (χ2v) is 11.2. The summed E-state index contributed by atoms with van der Waals surface area (Å²) in [5, 5.41) is 14.9. The molecule has 0 bridgehead atoms. The van der Waals surface area contributed by atoms with E-state index in [0.29, 0.717) is 35.5 Å². The smallest absolute Gasteiger partial charge is 0.404 e. The van der Waals surface area contributed by atoms with Crippen molar-refractivity contribution in [3.8, 4) is 28.4 Å². The number of fused-ring (bicyclic) bond motifs is 1. The third-order valence-corrected chi connectivity index (χ3v) is 8.30. The van der Waals surface area contributed by atoms with Crippen LogP contribution in [0.3, 0.4) is 0 Å². The number of piperidine rings is 1. The maximum absolute atomic E-state index is 12.7. The maximum Gasteiger partial charge on any atom is 0.404 e. The molecule has 1 aliphatic heterocycles. The first-order chi connectivity index (χ1) is 17.1. The van der Waals surface area contributed by atoms with E-state index >= 15 is 0 Å². The van der Waals surface area contributed by atoms with Crippen LogP contribution in [0, 0.1) is 0 Å². The van der Waals surface area contributed by atoms with E-state index in [9.17, 15) is 26.7 Å². The molecule has 190 valence electrons. The second-order valence-electron chi connectivity index (χ2n) is 8.39. The average molecular weight is 539 g/mol. The van der Waals surface area contributed by atoms with E-state index in [2.05, 4.69) is 15.3 Å². The van der Waals surface area contributed by atoms with Crippen molar-refractivity contribution in [1.82, 2.24) is 23.7 Å². The van der Waals surface area contributed by atoms with Crippen LogP contribution in [0.2, 0.25) is 0 Å². The van der Waals surface area contributed by atoms with Crippen LogP contribution in [0.25, 0.3) is 27.6 Å². The number of rotatable bonds is 6. The minimum absolute atomic E-state index is 0.0384. The predicted octanol–water partition coefficient (Wildman–Crippen LogP) is 3.99. The van der Waals surface area contributed by atoms with Crippen molar-refractivity contribution in [2.24, 2.45) is 0 Å². The summed E-state index contributed by atoms with van der Waals surface area (Å²) in [5.41, 5.74) is 2.53. The van der Waals surface area contributed by atoms with Crippen LogP contribution < -0.4 is 5.32 Å². The van der Waals surface area contributed by atoms with Gasteiger partial charge in [0.15, 0.2) is 10.7 Å². The van der Waals surface area contributed by atoms with E-state index in [4.69, 9.17) is 4.98 Å². The van der Waals surface area contributed by atoms with Gasteiger partial charge in [0.05, 0.1) is 11.4 Å². The summed E-state index contributed by atoms with van der Waals surface area (Å²) in [7, 11) is -4.47. The second kappa shape index (κ2) is 9.33. The number of alkyl halides is 3. The SMILES string of the molecule is O=S(=O)(CC(F)(F)F)N1CCC[C@@H](Nc2nccc(-c3c(-c4cccc(O)c4)nc4sccn34)n2)C1. The highest BCUT2D eigenvalue weighted by Crippen LogP contribution is 2.35. The van der Waals surface area contributed by atoms with E-state index in [1.807, 2.05) is 22.0 Å². The monoisotopic (exact) mass is 538 g/mol. The summed E-state index contributed by atoms with van der Waals surface area (Å²) in [6, 6.07) is 7.98. The summed E-state index contributed by atoms with van der Waals surface area (Å²) < 4.78 is 65.4. The Morgan fingerprint density at radius 2 is 2.06 bits per heavy atom. The van der Waals surface area contributed by atoms with Gasteiger partial charge in [0.2, 0.25) is 16.0 Å². The lowest BCUT2D eigenvalue weighted by Crippen LogP contribution is -2.47. The number of benzene rings is 1. The number of aromatic hydroxyl groups is 1. The van der Waals surface area contributed by atoms with Crippen molar-refractivity contribution < 1.29 is 26.7 Å². The van der Waals surface area contributed by atoms with Gasteiger partial charge in [-0.2, -0.15) is 17.5 Å². The van der Waals surface area contributed by atoms with Gasteiger partial charge in [-0.1, -0.05) is 12.1 Å². The molecule has 1 fully saturated rings. The molecule has 0 saturated carbocycles. The molecule has 1 aliphatic rings. The van der Waals surface area contributed by atoms with Crippen molar-refractivity contribution in [2.75, 3.05) is 24.2 Å². The molecule has 0 spiro atoms. The Labute approximate surface area is 208 Å². The van der Waals surface area contributed by atoms with Crippen LogP contribution in [-0.4, -0.2) is 68.2 Å². The third-order valence-electron chi connectivity index (χ3n) is 5.74. The highest BCUT2D eigenvalue weighted by atomic mass is 32.2. The Bertz CT molecular complexity index is 1500. The molecule has 9 nitrogen and oxygen atoms in total. The number of halogens is 3. The Morgan fingerprint density at radius 3 is 2.83 bits per heavy atom. The Kier molecular flexibility index (Phi) is 6.34. The molecular formula is C22H21F3N6O3S2. The summed E-state index contributed by atoms with van der Waals surface area (Å²) in [6.45, 7) is -0.0707. The Hall–Kier alpha value is -3.23. The van der Waals surface area contributed by atoms with E-state index in [-0.39, 0.29) is 24.8 Å². The van der Waals surface area contributed by atoms with Crippen LogP contribution in [0.4, 0.5) is 19.1 Å². The van der Waals surface area contributed by atoms with Gasteiger partial charge in [0.25, 0.3) is 0 Å². The first-order valence-electron chi connectivity index (χ1n) is 11.0.